The summed E-state index contributed by atoms with van der Waals surface area (Å²) in [5.74, 6) is 0.0780. The molecule has 0 spiro atoms. The molecule has 1 fully saturated rings. The van der Waals surface area contributed by atoms with E-state index >= 15 is 0 Å². The highest BCUT2D eigenvalue weighted by Gasteiger charge is 2.28. The fraction of sp³-hybridized carbons (Fsp3) is 0.350. The van der Waals surface area contributed by atoms with Crippen LogP contribution in [0.15, 0.2) is 36.4 Å². The zero-order chi connectivity index (χ0) is 21.0. The summed E-state index contributed by atoms with van der Waals surface area (Å²) < 4.78 is 9.89. The molecule has 154 valence electrons. The largest absolute Gasteiger partial charge is 0.497 e. The number of nitro groups is 1. The standard InChI is InChI=1S/C20H22ClN3O5/c1-28-15-5-3-4-14(10-15)22-13-6-8-23(9-7-13)18-12-17(21)16(20(25)29-2)11-19(18)24(26)27/h3-5,10-13,22H,6-9H2,1-2H3. The molecule has 1 aliphatic rings. The van der Waals surface area contributed by atoms with Gasteiger partial charge in [-0.05, 0) is 31.0 Å². The molecule has 2 aromatic carbocycles. The highest BCUT2D eigenvalue weighted by molar-refractivity contribution is 6.34. The Balaban J connectivity index is 1.73. The minimum atomic E-state index is -0.703. The molecule has 2 aromatic rings. The number of ether oxygens (including phenoxy) is 2. The third-order valence-corrected chi connectivity index (χ3v) is 5.26. The first-order valence-corrected chi connectivity index (χ1v) is 9.52. The number of nitrogens with zero attached hydrogens (tertiary/aromatic N) is 2. The summed E-state index contributed by atoms with van der Waals surface area (Å²) in [6.07, 6.45) is 1.59. The molecule has 0 unspecified atom stereocenters. The number of hydrogen-bond acceptors (Lipinski definition) is 7. The molecule has 29 heavy (non-hydrogen) atoms. The SMILES string of the molecule is COC(=O)c1cc([N+](=O)[O-])c(N2CCC(Nc3cccc(OC)c3)CC2)cc1Cl. The van der Waals surface area contributed by atoms with E-state index in [1.165, 1.54) is 19.2 Å². The number of hydrogen-bond donors (Lipinski definition) is 1. The van der Waals surface area contributed by atoms with Crippen LogP contribution in [0, 0.1) is 10.1 Å². The van der Waals surface area contributed by atoms with Gasteiger partial charge in [0.15, 0.2) is 0 Å². The Morgan fingerprint density at radius 3 is 2.59 bits per heavy atom. The van der Waals surface area contributed by atoms with Crippen LogP contribution >= 0.6 is 11.6 Å². The molecular weight excluding hydrogens is 398 g/mol. The van der Waals surface area contributed by atoms with Crippen molar-refractivity contribution in [2.75, 3.05) is 37.5 Å². The number of halogens is 1. The summed E-state index contributed by atoms with van der Waals surface area (Å²) in [7, 11) is 2.83. The first-order chi connectivity index (χ1) is 13.9. The molecule has 1 N–H and O–H groups in total. The maximum absolute atomic E-state index is 11.8. The average Bonchev–Trinajstić information content (AvgIpc) is 2.73. The molecule has 3 rings (SSSR count). The lowest BCUT2D eigenvalue weighted by atomic mass is 10.0. The third-order valence-electron chi connectivity index (χ3n) is 4.94. The van der Waals surface area contributed by atoms with Crippen molar-refractivity contribution in [3.63, 3.8) is 0 Å². The summed E-state index contributed by atoms with van der Waals surface area (Å²) in [4.78, 5) is 24.8. The number of nitro benzene ring substituents is 1. The van der Waals surface area contributed by atoms with E-state index in [9.17, 15) is 14.9 Å². The zero-order valence-corrected chi connectivity index (χ0v) is 16.9. The Hall–Kier alpha value is -3.00. The van der Waals surface area contributed by atoms with E-state index in [-0.39, 0.29) is 22.3 Å². The van der Waals surface area contributed by atoms with Gasteiger partial charge in [-0.3, -0.25) is 10.1 Å². The van der Waals surface area contributed by atoms with Crippen LogP contribution in [0.2, 0.25) is 5.02 Å². The molecule has 1 saturated heterocycles. The molecule has 9 heteroatoms. The number of nitrogens with one attached hydrogen (secondary N) is 1. The summed E-state index contributed by atoms with van der Waals surface area (Å²) in [6.45, 7) is 1.24. The van der Waals surface area contributed by atoms with Crippen molar-refractivity contribution in [1.82, 2.24) is 0 Å². The van der Waals surface area contributed by atoms with E-state index < -0.39 is 10.9 Å². The number of carbonyl (C=O) groups is 1. The van der Waals surface area contributed by atoms with Gasteiger partial charge in [-0.1, -0.05) is 17.7 Å². The van der Waals surface area contributed by atoms with Crippen molar-refractivity contribution in [3.8, 4) is 5.75 Å². The second-order valence-electron chi connectivity index (χ2n) is 6.71. The molecule has 1 heterocycles. The zero-order valence-electron chi connectivity index (χ0n) is 16.2. The Kier molecular flexibility index (Phi) is 6.43. The van der Waals surface area contributed by atoms with E-state index in [1.54, 1.807) is 7.11 Å². The highest BCUT2D eigenvalue weighted by Crippen LogP contribution is 2.36. The fourth-order valence-electron chi connectivity index (χ4n) is 3.43. The van der Waals surface area contributed by atoms with Crippen LogP contribution in [0.25, 0.3) is 0 Å². The van der Waals surface area contributed by atoms with Gasteiger partial charge in [0.05, 0.1) is 29.7 Å². The number of benzene rings is 2. The number of piperidine rings is 1. The number of methoxy groups -OCH3 is 2. The van der Waals surface area contributed by atoms with Gasteiger partial charge in [-0.15, -0.1) is 0 Å². The quantitative estimate of drug-likeness (QED) is 0.427. The maximum Gasteiger partial charge on any atom is 0.339 e. The Bertz CT molecular complexity index is 913. The second-order valence-corrected chi connectivity index (χ2v) is 7.11. The van der Waals surface area contributed by atoms with Gasteiger partial charge in [-0.2, -0.15) is 0 Å². The van der Waals surface area contributed by atoms with Crippen molar-refractivity contribution in [1.29, 1.82) is 0 Å². The van der Waals surface area contributed by atoms with Crippen LogP contribution in [-0.4, -0.2) is 44.2 Å². The van der Waals surface area contributed by atoms with Crippen LogP contribution in [0.4, 0.5) is 17.1 Å². The van der Waals surface area contributed by atoms with Gasteiger partial charge < -0.3 is 19.7 Å². The average molecular weight is 420 g/mol. The minimum absolute atomic E-state index is 0.0146. The summed E-state index contributed by atoms with van der Waals surface area (Å²) in [5.41, 5.74) is 1.21. The van der Waals surface area contributed by atoms with Gasteiger partial charge in [-0.25, -0.2) is 4.79 Å². The molecular formula is C20H22ClN3O5. The number of esters is 1. The molecule has 0 atom stereocenters. The number of rotatable bonds is 6. The van der Waals surface area contributed by atoms with Gasteiger partial charge in [0.1, 0.15) is 11.4 Å². The Morgan fingerprint density at radius 1 is 1.24 bits per heavy atom. The highest BCUT2D eigenvalue weighted by atomic mass is 35.5. The molecule has 0 aliphatic carbocycles. The topological polar surface area (TPSA) is 93.9 Å². The molecule has 0 aromatic heterocycles. The Morgan fingerprint density at radius 2 is 1.97 bits per heavy atom. The van der Waals surface area contributed by atoms with Crippen LogP contribution in [0.1, 0.15) is 23.2 Å². The van der Waals surface area contributed by atoms with Gasteiger partial charge in [0.25, 0.3) is 5.69 Å². The lowest BCUT2D eigenvalue weighted by Gasteiger charge is -2.34. The van der Waals surface area contributed by atoms with Crippen molar-refractivity contribution in [2.24, 2.45) is 0 Å². The van der Waals surface area contributed by atoms with E-state index in [1.807, 2.05) is 29.2 Å². The molecule has 0 radical (unpaired) electrons. The smallest absolute Gasteiger partial charge is 0.339 e. The van der Waals surface area contributed by atoms with Crippen LogP contribution in [-0.2, 0) is 4.74 Å². The summed E-state index contributed by atoms with van der Waals surface area (Å²) in [5, 5.41) is 15.2. The maximum atomic E-state index is 11.8. The van der Waals surface area contributed by atoms with Crippen molar-refractivity contribution in [3.05, 3.63) is 57.1 Å². The number of anilines is 2. The van der Waals surface area contributed by atoms with Gasteiger partial charge in [0, 0.05) is 37.0 Å². The Labute approximate surface area is 173 Å². The minimum Gasteiger partial charge on any atom is -0.497 e. The van der Waals surface area contributed by atoms with E-state index in [4.69, 9.17) is 16.3 Å². The second kappa shape index (κ2) is 9.00. The molecule has 0 amide bonds. The van der Waals surface area contributed by atoms with Gasteiger partial charge in [0.2, 0.25) is 0 Å². The van der Waals surface area contributed by atoms with Crippen LogP contribution in [0.3, 0.4) is 0 Å². The van der Waals surface area contributed by atoms with E-state index in [2.05, 4.69) is 10.1 Å². The first kappa shape index (κ1) is 20.7. The van der Waals surface area contributed by atoms with E-state index in [0.29, 0.717) is 18.8 Å². The van der Waals surface area contributed by atoms with Crippen molar-refractivity contribution >= 4 is 34.6 Å². The van der Waals surface area contributed by atoms with Crippen LogP contribution < -0.4 is 15.0 Å². The molecule has 0 bridgehead atoms. The monoisotopic (exact) mass is 419 g/mol. The molecule has 0 saturated carbocycles. The molecule has 1 aliphatic heterocycles. The first-order valence-electron chi connectivity index (χ1n) is 9.14. The van der Waals surface area contributed by atoms with E-state index in [0.717, 1.165) is 24.3 Å². The normalized spacial score (nSPS) is 14.4. The van der Waals surface area contributed by atoms with Gasteiger partial charge >= 0.3 is 5.97 Å². The third kappa shape index (κ3) is 4.71. The van der Waals surface area contributed by atoms with Crippen molar-refractivity contribution < 1.29 is 19.2 Å². The number of carbonyl (C=O) groups excluding carboxylic acids is 1. The lowest BCUT2D eigenvalue weighted by Crippen LogP contribution is -2.39. The summed E-state index contributed by atoms with van der Waals surface area (Å²) >= 11 is 6.19. The fourth-order valence-corrected chi connectivity index (χ4v) is 3.67. The lowest BCUT2D eigenvalue weighted by molar-refractivity contribution is -0.384. The summed E-state index contributed by atoms with van der Waals surface area (Å²) in [6, 6.07) is 10.6. The van der Waals surface area contributed by atoms with Crippen LogP contribution in [0.5, 0.6) is 5.75 Å². The predicted molar refractivity (Wildman–Crippen MR) is 111 cm³/mol. The molecule has 8 nitrogen and oxygen atoms in total. The predicted octanol–water partition coefficient (Wildman–Crippen LogP) is 4.12. The van der Waals surface area contributed by atoms with Crippen molar-refractivity contribution in [2.45, 2.75) is 18.9 Å².